The lowest BCUT2D eigenvalue weighted by atomic mass is 10.2. The predicted molar refractivity (Wildman–Crippen MR) is 60.7 cm³/mol. The number of aliphatic imine (C=N–C) groups is 1. The molecule has 0 rings (SSSR count). The van der Waals surface area contributed by atoms with E-state index >= 15 is 0 Å². The van der Waals surface area contributed by atoms with Crippen LogP contribution in [0, 0.1) is 0 Å². The van der Waals surface area contributed by atoms with Crippen molar-refractivity contribution in [1.82, 2.24) is 0 Å². The van der Waals surface area contributed by atoms with Gasteiger partial charge in [-0.1, -0.05) is 20.8 Å². The summed E-state index contributed by atoms with van der Waals surface area (Å²) in [4.78, 5) is 13.5. The Kier molecular flexibility index (Phi) is 4.72. The van der Waals surface area contributed by atoms with Crippen LogP contribution in [-0.2, 0) is 9.22 Å². The maximum Gasteiger partial charge on any atom is 0.235 e. The maximum atomic E-state index is 9.94. The summed E-state index contributed by atoms with van der Waals surface area (Å²) in [6.07, 6.45) is 1.54. The van der Waals surface area contributed by atoms with Gasteiger partial charge in [0.15, 0.2) is 8.32 Å². The molecule has 0 aliphatic heterocycles. The van der Waals surface area contributed by atoms with Gasteiger partial charge in [-0.05, 0) is 25.1 Å². The molecular formula is C10H21NO2Si. The second kappa shape index (κ2) is 4.87. The summed E-state index contributed by atoms with van der Waals surface area (Å²) in [7, 11) is -1.71. The number of hydrogen-bond acceptors (Lipinski definition) is 3. The summed E-state index contributed by atoms with van der Waals surface area (Å²) < 4.78 is 5.97. The van der Waals surface area contributed by atoms with Gasteiger partial charge in [-0.15, -0.1) is 0 Å². The van der Waals surface area contributed by atoms with Crippen molar-refractivity contribution in [2.24, 2.45) is 4.99 Å². The van der Waals surface area contributed by atoms with Crippen LogP contribution in [0.3, 0.4) is 0 Å². The molecule has 1 unspecified atom stereocenters. The van der Waals surface area contributed by atoms with E-state index in [0.717, 1.165) is 0 Å². The molecule has 0 aliphatic carbocycles. The van der Waals surface area contributed by atoms with Crippen LogP contribution in [0.4, 0.5) is 0 Å². The van der Waals surface area contributed by atoms with E-state index in [0.29, 0.717) is 6.54 Å². The standard InChI is InChI=1S/C10H21NO2Si/c1-9(7-11-8-12)13-14(5,6)10(2,3)4/h9H,7H2,1-6H3. The second-order valence-corrected chi connectivity index (χ2v) is 9.88. The lowest BCUT2D eigenvalue weighted by Gasteiger charge is -2.38. The zero-order valence-corrected chi connectivity index (χ0v) is 11.0. The molecule has 0 radical (unpaired) electrons. The van der Waals surface area contributed by atoms with Gasteiger partial charge < -0.3 is 4.43 Å². The first kappa shape index (κ1) is 13.6. The van der Waals surface area contributed by atoms with E-state index in [1.165, 1.54) is 6.08 Å². The third-order valence-corrected chi connectivity index (χ3v) is 7.32. The zero-order valence-electron chi connectivity index (χ0n) is 10.0. The molecule has 0 bridgehead atoms. The topological polar surface area (TPSA) is 38.7 Å². The predicted octanol–water partition coefficient (Wildman–Crippen LogP) is 2.73. The van der Waals surface area contributed by atoms with Crippen LogP contribution in [0.15, 0.2) is 4.99 Å². The Morgan fingerprint density at radius 1 is 1.43 bits per heavy atom. The molecule has 0 fully saturated rings. The van der Waals surface area contributed by atoms with Crippen molar-refractivity contribution in [3.05, 3.63) is 0 Å². The van der Waals surface area contributed by atoms with E-state index in [9.17, 15) is 4.79 Å². The van der Waals surface area contributed by atoms with E-state index in [-0.39, 0.29) is 11.1 Å². The monoisotopic (exact) mass is 215 g/mol. The molecule has 0 spiro atoms. The molecule has 0 aromatic rings. The number of isocyanates is 1. The van der Waals surface area contributed by atoms with Gasteiger partial charge in [-0.2, -0.15) is 0 Å². The zero-order chi connectivity index (χ0) is 11.4. The Bertz CT molecular complexity index is 227. The van der Waals surface area contributed by atoms with Crippen LogP contribution in [0.2, 0.25) is 18.1 Å². The number of hydrogen-bond donors (Lipinski definition) is 0. The molecule has 0 saturated carbocycles. The third-order valence-electron chi connectivity index (χ3n) is 2.71. The highest BCUT2D eigenvalue weighted by atomic mass is 28.4. The van der Waals surface area contributed by atoms with E-state index in [1.807, 2.05) is 6.92 Å². The molecule has 0 amide bonds. The van der Waals surface area contributed by atoms with Crippen LogP contribution in [0.25, 0.3) is 0 Å². The Morgan fingerprint density at radius 2 is 1.93 bits per heavy atom. The molecule has 3 nitrogen and oxygen atoms in total. The highest BCUT2D eigenvalue weighted by molar-refractivity contribution is 6.74. The molecule has 82 valence electrons. The fourth-order valence-electron chi connectivity index (χ4n) is 0.883. The first-order chi connectivity index (χ1) is 6.20. The number of rotatable bonds is 4. The van der Waals surface area contributed by atoms with Gasteiger partial charge in [0.2, 0.25) is 6.08 Å². The summed E-state index contributed by atoms with van der Waals surface area (Å²) >= 11 is 0. The van der Waals surface area contributed by atoms with Crippen molar-refractivity contribution < 1.29 is 9.22 Å². The van der Waals surface area contributed by atoms with Crippen LogP contribution in [-0.4, -0.2) is 27.0 Å². The van der Waals surface area contributed by atoms with Gasteiger partial charge in [-0.25, -0.2) is 9.79 Å². The van der Waals surface area contributed by atoms with Crippen LogP contribution in [0.1, 0.15) is 27.7 Å². The largest absolute Gasteiger partial charge is 0.412 e. The second-order valence-electron chi connectivity index (χ2n) is 5.12. The summed E-state index contributed by atoms with van der Waals surface area (Å²) in [5.41, 5.74) is 0. The minimum absolute atomic E-state index is 0.0114. The molecule has 0 aromatic heterocycles. The molecule has 0 heterocycles. The smallest absolute Gasteiger partial charge is 0.235 e. The summed E-state index contributed by atoms with van der Waals surface area (Å²) in [5.74, 6) is 0. The van der Waals surface area contributed by atoms with Crippen molar-refractivity contribution in [3.8, 4) is 0 Å². The van der Waals surface area contributed by atoms with Crippen molar-refractivity contribution in [2.45, 2.75) is 51.9 Å². The number of nitrogens with zero attached hydrogens (tertiary/aromatic N) is 1. The highest BCUT2D eigenvalue weighted by Gasteiger charge is 2.38. The molecule has 0 N–H and O–H groups in total. The minimum atomic E-state index is -1.71. The van der Waals surface area contributed by atoms with E-state index in [1.54, 1.807) is 0 Å². The lowest BCUT2D eigenvalue weighted by molar-refractivity contribution is 0.207. The fraction of sp³-hybridized carbons (Fsp3) is 0.900. The Labute approximate surface area is 87.7 Å². The number of carbonyl (C=O) groups excluding carboxylic acids is 1. The summed E-state index contributed by atoms with van der Waals surface area (Å²) in [5, 5.41) is 0.201. The Balaban J connectivity index is 4.28. The summed E-state index contributed by atoms with van der Waals surface area (Å²) in [6, 6.07) is 0. The molecule has 1 atom stereocenters. The molecule has 0 aromatic carbocycles. The molecule has 0 aliphatic rings. The molecule has 4 heteroatoms. The van der Waals surface area contributed by atoms with Gasteiger partial charge in [0.25, 0.3) is 0 Å². The van der Waals surface area contributed by atoms with Gasteiger partial charge in [0.1, 0.15) is 0 Å². The quantitative estimate of drug-likeness (QED) is 0.411. The van der Waals surface area contributed by atoms with E-state index in [2.05, 4.69) is 38.9 Å². The summed E-state index contributed by atoms with van der Waals surface area (Å²) in [6.45, 7) is 13.3. The van der Waals surface area contributed by atoms with Gasteiger partial charge in [0, 0.05) is 0 Å². The SMILES string of the molecule is CC(CN=C=O)O[Si](C)(C)C(C)(C)C. The van der Waals surface area contributed by atoms with Gasteiger partial charge in [-0.3, -0.25) is 0 Å². The van der Waals surface area contributed by atoms with Crippen LogP contribution >= 0.6 is 0 Å². The fourth-order valence-corrected chi connectivity index (χ4v) is 2.32. The van der Waals surface area contributed by atoms with Crippen LogP contribution < -0.4 is 0 Å². The van der Waals surface area contributed by atoms with Gasteiger partial charge >= 0.3 is 0 Å². The maximum absolute atomic E-state index is 9.94. The van der Waals surface area contributed by atoms with Crippen LogP contribution in [0.5, 0.6) is 0 Å². The Hall–Kier alpha value is -0.443. The average Bonchev–Trinajstić information content (AvgIpc) is 1.97. The average molecular weight is 215 g/mol. The molecular weight excluding hydrogens is 194 g/mol. The minimum Gasteiger partial charge on any atom is -0.412 e. The first-order valence-corrected chi connectivity index (χ1v) is 7.83. The van der Waals surface area contributed by atoms with Crippen molar-refractivity contribution in [3.63, 3.8) is 0 Å². The molecule has 0 saturated heterocycles. The van der Waals surface area contributed by atoms with Crippen molar-refractivity contribution in [2.75, 3.05) is 6.54 Å². The Morgan fingerprint density at radius 3 is 2.29 bits per heavy atom. The lowest BCUT2D eigenvalue weighted by Crippen LogP contribution is -2.43. The van der Waals surface area contributed by atoms with Crippen molar-refractivity contribution in [1.29, 1.82) is 0 Å². The highest BCUT2D eigenvalue weighted by Crippen LogP contribution is 2.37. The van der Waals surface area contributed by atoms with E-state index in [4.69, 9.17) is 4.43 Å². The first-order valence-electron chi connectivity index (χ1n) is 4.92. The van der Waals surface area contributed by atoms with Crippen molar-refractivity contribution >= 4 is 14.4 Å². The molecule has 14 heavy (non-hydrogen) atoms. The van der Waals surface area contributed by atoms with Gasteiger partial charge in [0.05, 0.1) is 12.6 Å². The third kappa shape index (κ3) is 4.18. The normalized spacial score (nSPS) is 14.7. The van der Waals surface area contributed by atoms with E-state index < -0.39 is 8.32 Å².